The number of thiazole rings is 2. The van der Waals surface area contributed by atoms with E-state index in [1.807, 2.05) is 30.3 Å². The molecular weight excluding hydrogens is 2260 g/mol. The molecule has 6 aromatic carbocycles. The molecule has 15 rings (SSSR count). The molecule has 1 aliphatic carbocycles. The van der Waals surface area contributed by atoms with Crippen molar-refractivity contribution in [1.82, 2.24) is 37.4 Å². The van der Waals surface area contributed by atoms with E-state index in [4.69, 9.17) is 56.8 Å². The predicted molar refractivity (Wildman–Crippen MR) is 534 cm³/mol. The summed E-state index contributed by atoms with van der Waals surface area (Å²) in [7, 11) is 16.3. The molecule has 1 fully saturated rings. The van der Waals surface area contributed by atoms with E-state index < -0.39 is 0 Å². The van der Waals surface area contributed by atoms with E-state index in [0.717, 1.165) is 38.0 Å². The van der Waals surface area contributed by atoms with Crippen LogP contribution >= 0.6 is 150 Å². The number of aryl methyl sites for hydroxylation is 10. The second-order valence-electron chi connectivity index (χ2n) is 27.9. The van der Waals surface area contributed by atoms with Gasteiger partial charge in [0.25, 0.3) is 33.4 Å². The lowest BCUT2D eigenvalue weighted by Crippen LogP contribution is -2.24. The molecule has 14 aromatic rings. The van der Waals surface area contributed by atoms with E-state index in [0.29, 0.717) is 119 Å². The maximum absolute atomic E-state index is 13.2. The highest BCUT2D eigenvalue weighted by atomic mass is 79.9. The summed E-state index contributed by atoms with van der Waals surface area (Å²) in [6.45, 7) is 9.85. The maximum atomic E-state index is 13.2. The molecule has 0 spiro atoms. The lowest BCUT2D eigenvalue weighted by molar-refractivity contribution is 0.114. The average Bonchev–Trinajstić information content (AvgIpc) is 1.02. The molecule has 0 bridgehead atoms. The Labute approximate surface area is 829 Å². The van der Waals surface area contributed by atoms with Gasteiger partial charge in [-0.15, -0.1) is 22.7 Å². The molecule has 38 heteroatoms. The first-order valence-electron chi connectivity index (χ1n) is 39.2. The molecule has 1 saturated carbocycles. The van der Waals surface area contributed by atoms with Crippen LogP contribution in [0.1, 0.15) is 54.9 Å². The summed E-state index contributed by atoms with van der Waals surface area (Å²) >= 11 is 29.6. The number of halogens is 10. The van der Waals surface area contributed by atoms with Crippen LogP contribution in [0, 0.1) is 39.3 Å². The number of rotatable bonds is 21. The van der Waals surface area contributed by atoms with E-state index in [2.05, 4.69) is 144 Å². The van der Waals surface area contributed by atoms with Gasteiger partial charge in [-0.2, -0.15) is 0 Å². The Kier molecular flexibility index (Phi) is 42.2. The minimum atomic E-state index is -0.317. The van der Waals surface area contributed by atoms with Crippen molar-refractivity contribution >= 4 is 150 Å². The van der Waals surface area contributed by atoms with E-state index in [9.17, 15) is 37.5 Å². The number of aromatic nitrogens is 8. The van der Waals surface area contributed by atoms with Crippen LogP contribution in [0.4, 0.5) is 8.78 Å². The fourth-order valence-corrected chi connectivity index (χ4v) is 15.0. The molecule has 0 radical (unpaired) electrons. The Morgan fingerprint density at radius 3 is 1.11 bits per heavy atom. The Morgan fingerprint density at radius 2 is 0.725 bits per heavy atom. The molecule has 0 N–H and O–H groups in total. The zero-order valence-electron chi connectivity index (χ0n) is 73.3. The molecule has 0 unspecified atom stereocenters. The summed E-state index contributed by atoms with van der Waals surface area (Å²) in [5.41, 5.74) is 5.17. The van der Waals surface area contributed by atoms with Crippen molar-refractivity contribution < 1.29 is 65.6 Å². The molecule has 692 valence electrons. The highest BCUT2D eigenvalue weighted by molar-refractivity contribution is 9.12. The first-order chi connectivity index (χ1) is 62.4. The third-order valence-electron chi connectivity index (χ3n) is 18.1. The van der Waals surface area contributed by atoms with E-state index in [-0.39, 0.29) is 68.0 Å². The maximum Gasteiger partial charge on any atom is 0.294 e. The number of hydrogen-bond acceptors (Lipinski definition) is 22. The number of benzene rings is 6. The second kappa shape index (κ2) is 52.1. The van der Waals surface area contributed by atoms with Gasteiger partial charge < -0.3 is 84.2 Å². The fraction of sp³-hybridized carbons (Fsp3) is 0.226. The third-order valence-corrected chi connectivity index (χ3v) is 24.9. The third kappa shape index (κ3) is 31.6. The van der Waals surface area contributed by atoms with Crippen molar-refractivity contribution in [2.45, 2.75) is 66.4 Å². The summed E-state index contributed by atoms with van der Waals surface area (Å²) in [5, 5.41) is 0. The van der Waals surface area contributed by atoms with Crippen LogP contribution < -0.4 is 90.2 Å². The van der Waals surface area contributed by atoms with Crippen LogP contribution in [0.25, 0.3) is 0 Å². The fourth-order valence-electron chi connectivity index (χ4n) is 10.9. The Hall–Kier alpha value is -10.4. The van der Waals surface area contributed by atoms with Gasteiger partial charge in [-0.05, 0) is 324 Å². The average molecular weight is 2350 g/mol. The minimum Gasteiger partial charge on any atom is -0.497 e. The Bertz CT molecular complexity index is 6540. The number of ether oxygens (including phenoxy) is 12. The summed E-state index contributed by atoms with van der Waals surface area (Å²) in [4.78, 5) is 78.7. The summed E-state index contributed by atoms with van der Waals surface area (Å²) in [6.07, 6.45) is 15.0. The van der Waals surface area contributed by atoms with Crippen molar-refractivity contribution in [3.63, 3.8) is 0 Å². The normalized spacial score (nSPS) is 10.9. The molecule has 8 heterocycles. The molecule has 131 heavy (non-hydrogen) atoms. The lowest BCUT2D eigenvalue weighted by atomic mass is 9.96. The monoisotopic (exact) mass is 2340 g/mol. The van der Waals surface area contributed by atoms with Gasteiger partial charge >= 0.3 is 0 Å². The summed E-state index contributed by atoms with van der Waals surface area (Å²) < 4.78 is 106. The Balaban J connectivity index is 0.000000186. The highest BCUT2D eigenvalue weighted by Gasteiger charge is 2.22. The first-order valence-corrected chi connectivity index (χ1v) is 47.3. The van der Waals surface area contributed by atoms with Crippen molar-refractivity contribution in [3.8, 4) is 104 Å². The number of hydrogen-bond donors (Lipinski definition) is 0. The first kappa shape index (κ1) is 106. The van der Waals surface area contributed by atoms with Crippen molar-refractivity contribution in [1.29, 1.82) is 0 Å². The van der Waals surface area contributed by atoms with Crippen LogP contribution in [-0.2, 0) is 42.3 Å². The standard InChI is InChI=1S/2C14H13BrFNO2.4C13H12BrNO3.C7H8BrNOS.C6H8BrNOS/c1-8-4-10(16)5-9(2)14(8)19-12-7-17(3)13(18)6-11(12)15;1-8-6-10(16)7-9(2)12(8)19-13-11(15)4-5-17(3)14(13)18;1-15-8-12(11(14)7-13(15)16)18-10-5-3-9(17-2)4-6-10;1-15-8-7-11(14)12(13(15)16)18-10-5-3-9(17-2)4-6-10;1-15-7-6-11(14)12(13(15)16)18-10-5-3-4-9(8-10)17-2;1-15-8-7-9(14)12(13(15)16)18-11-6-4-3-5-10(11)17-2;8-6-7(9-4-11-6)10-5-2-1-3-5;1-2-3-9-6-5(7)10-4-8-6/h2*4-7H,1-3H3;4*3-8H,1-2H3;4-5H,1-3H2;4H,2-3H2,1H3. The summed E-state index contributed by atoms with van der Waals surface area (Å²) in [5.74, 6) is 9.11. The van der Waals surface area contributed by atoms with Crippen LogP contribution in [0.3, 0.4) is 0 Å². The van der Waals surface area contributed by atoms with Gasteiger partial charge in [0.1, 0.15) is 71.3 Å². The highest BCUT2D eigenvalue weighted by Crippen LogP contribution is 2.39. The van der Waals surface area contributed by atoms with Crippen molar-refractivity contribution in [3.05, 3.63) is 336 Å². The number of pyridine rings is 6. The predicted octanol–water partition coefficient (Wildman–Crippen LogP) is 24.7. The van der Waals surface area contributed by atoms with Gasteiger partial charge in [0.15, 0.2) is 23.0 Å². The van der Waals surface area contributed by atoms with Gasteiger partial charge in [0.05, 0.1) is 85.3 Å². The number of methoxy groups -OCH3 is 4. The van der Waals surface area contributed by atoms with E-state index >= 15 is 0 Å². The molecule has 0 saturated heterocycles. The quantitative estimate of drug-likeness (QED) is 0.0646. The van der Waals surface area contributed by atoms with Gasteiger partial charge in [0, 0.05) is 85.3 Å². The zero-order valence-corrected chi connectivity index (χ0v) is 87.6. The topological polar surface area (TPSA) is 269 Å². The van der Waals surface area contributed by atoms with Gasteiger partial charge in [-0.25, -0.2) is 18.7 Å². The smallest absolute Gasteiger partial charge is 0.294 e. The zero-order chi connectivity index (χ0) is 95.9. The molecule has 1 aliphatic rings. The number of nitrogens with zero attached hydrogens (tertiary/aromatic N) is 8. The van der Waals surface area contributed by atoms with Gasteiger partial charge in [-0.1, -0.05) is 25.1 Å². The van der Waals surface area contributed by atoms with Crippen molar-refractivity contribution in [2.75, 3.05) is 35.0 Å². The van der Waals surface area contributed by atoms with Crippen LogP contribution in [0.5, 0.6) is 104 Å². The van der Waals surface area contributed by atoms with Crippen LogP contribution in [0.2, 0.25) is 0 Å². The molecule has 8 aromatic heterocycles. The molecule has 26 nitrogen and oxygen atoms in total. The molecular formula is C93H90Br8F2N8O18S2. The second-order valence-corrected chi connectivity index (χ2v) is 37.4. The van der Waals surface area contributed by atoms with Crippen LogP contribution in [-0.4, -0.2) is 78.5 Å². The SMILES string of the molecule is Brc1scnc1OC1CCC1.CCCOc1ncsc1Br.COc1ccc(Oc2c(Br)ccn(C)c2=O)cc1.COc1ccc(Oc2cn(C)c(=O)cc2Br)cc1.COc1cccc(Oc2c(Br)ccn(C)c2=O)c1.COc1ccccc1Oc1c(Br)ccn(C)c1=O.Cc1cc(F)cc(C)c1Oc1c(Br)ccn(C)c1=O.Cc1cc(F)cc(C)c1Oc1cn(C)c(=O)cc1Br. The van der Waals surface area contributed by atoms with Crippen molar-refractivity contribution in [2.24, 2.45) is 42.3 Å². The molecule has 0 aliphatic heterocycles. The lowest BCUT2D eigenvalue weighted by Gasteiger charge is -2.25. The molecule has 0 amide bonds. The number of para-hydroxylation sites is 2. The van der Waals surface area contributed by atoms with E-state index in [1.54, 1.807) is 249 Å². The van der Waals surface area contributed by atoms with Gasteiger partial charge in [0.2, 0.25) is 34.8 Å². The minimum absolute atomic E-state index is 0.0936. The largest absolute Gasteiger partial charge is 0.497 e. The summed E-state index contributed by atoms with van der Waals surface area (Å²) in [6, 6.07) is 44.0. The van der Waals surface area contributed by atoms with Gasteiger partial charge in [-0.3, -0.25) is 28.8 Å². The van der Waals surface area contributed by atoms with Crippen LogP contribution in [0.15, 0.2) is 269 Å². The van der Waals surface area contributed by atoms with E-state index in [1.165, 1.54) is 94.4 Å². The molecule has 0 atom stereocenters. The Morgan fingerprint density at radius 1 is 0.366 bits per heavy atom.